The predicted molar refractivity (Wildman–Crippen MR) is 81.8 cm³/mol. The summed E-state index contributed by atoms with van der Waals surface area (Å²) >= 11 is 1.41. The molecule has 0 atom stereocenters. The maximum atomic E-state index is 11.4. The number of fused-ring (bicyclic) bond motifs is 1. The molecule has 2 rings (SSSR count). The number of amides is 1. The lowest BCUT2D eigenvalue weighted by atomic mass is 9.98. The molecule has 1 aromatic rings. The molecule has 0 aliphatic heterocycles. The van der Waals surface area contributed by atoms with Gasteiger partial charge in [0.25, 0.3) is 5.91 Å². The minimum Gasteiger partial charge on any atom is -0.365 e. The summed E-state index contributed by atoms with van der Waals surface area (Å²) in [4.78, 5) is 15.4. The molecule has 0 spiro atoms. The van der Waals surface area contributed by atoms with Gasteiger partial charge in [-0.2, -0.15) is 5.26 Å². The molecule has 1 heterocycles. The molecule has 0 saturated heterocycles. The number of aromatic nitrogens is 1. The zero-order valence-electron chi connectivity index (χ0n) is 11.2. The first-order valence-corrected chi connectivity index (χ1v) is 7.55. The van der Waals surface area contributed by atoms with Gasteiger partial charge in [0.1, 0.15) is 11.6 Å². The summed E-state index contributed by atoms with van der Waals surface area (Å²) in [5.41, 5.74) is 8.63. The van der Waals surface area contributed by atoms with Gasteiger partial charge in [-0.15, -0.1) is 18.3 Å². The van der Waals surface area contributed by atoms with Crippen molar-refractivity contribution < 1.29 is 4.79 Å². The highest BCUT2D eigenvalue weighted by Crippen LogP contribution is 2.33. The second-order valence-corrected chi connectivity index (χ2v) is 5.70. The summed E-state index contributed by atoms with van der Waals surface area (Å²) in [6.45, 7) is 3.67. The number of aryl methyl sites for hydroxylation is 2. The van der Waals surface area contributed by atoms with E-state index in [2.05, 4.69) is 11.6 Å². The van der Waals surface area contributed by atoms with Crippen LogP contribution in [0.25, 0.3) is 4.91 Å². The Morgan fingerprint density at radius 2 is 2.30 bits per heavy atom. The van der Waals surface area contributed by atoms with E-state index in [1.54, 1.807) is 6.08 Å². The molecule has 0 bridgehead atoms. The molecule has 1 aliphatic rings. The van der Waals surface area contributed by atoms with E-state index in [9.17, 15) is 4.79 Å². The summed E-state index contributed by atoms with van der Waals surface area (Å²) < 4.78 is 0. The largest absolute Gasteiger partial charge is 0.365 e. The van der Waals surface area contributed by atoms with Gasteiger partial charge in [0.2, 0.25) is 0 Å². The second-order valence-electron chi connectivity index (χ2n) is 4.67. The van der Waals surface area contributed by atoms with Gasteiger partial charge in [-0.3, -0.25) is 4.79 Å². The van der Waals surface area contributed by atoms with E-state index in [0.717, 1.165) is 18.5 Å². The normalized spacial score (nSPS) is 14.9. The number of nitrogens with zero attached hydrogens (tertiary/aromatic N) is 1. The van der Waals surface area contributed by atoms with Crippen LogP contribution in [0.2, 0.25) is 0 Å². The molecule has 1 aliphatic carbocycles. The van der Waals surface area contributed by atoms with Crippen molar-refractivity contribution in [3.05, 3.63) is 41.2 Å². The van der Waals surface area contributed by atoms with Crippen LogP contribution >= 0.6 is 11.8 Å². The minimum atomic E-state index is -0.688. The van der Waals surface area contributed by atoms with Crippen molar-refractivity contribution in [2.75, 3.05) is 5.75 Å². The summed E-state index contributed by atoms with van der Waals surface area (Å²) in [5.74, 6) is -0.0658. The molecular formula is C15H17N3OS. The van der Waals surface area contributed by atoms with Crippen LogP contribution in [0, 0.1) is 11.3 Å². The Morgan fingerprint density at radius 3 is 2.90 bits per heavy atom. The van der Waals surface area contributed by atoms with Crippen molar-refractivity contribution in [3.8, 4) is 6.07 Å². The van der Waals surface area contributed by atoms with Crippen LogP contribution in [0.3, 0.4) is 0 Å². The molecule has 0 saturated carbocycles. The van der Waals surface area contributed by atoms with E-state index in [0.29, 0.717) is 10.7 Å². The smallest absolute Gasteiger partial charge is 0.260 e. The standard InChI is InChI=1S/C15H17N3OS/c1-2-7-20-14(11(9-16)15(17)19)13-8-10-5-3-4-6-12(10)18-13/h2,8,18H,1,3-7H2,(H2,17,19). The number of carbonyl (C=O) groups excluding carboxylic acids is 1. The van der Waals surface area contributed by atoms with Crippen LogP contribution in [0.4, 0.5) is 0 Å². The number of hydrogen-bond acceptors (Lipinski definition) is 3. The first kappa shape index (κ1) is 14.5. The number of aromatic amines is 1. The fraction of sp³-hybridized carbons (Fsp3) is 0.333. The van der Waals surface area contributed by atoms with Gasteiger partial charge in [0.15, 0.2) is 0 Å². The molecule has 1 amide bonds. The lowest BCUT2D eigenvalue weighted by Gasteiger charge is -2.09. The highest BCUT2D eigenvalue weighted by Gasteiger charge is 2.19. The maximum absolute atomic E-state index is 11.4. The Kier molecular flexibility index (Phi) is 4.70. The molecule has 1 aromatic heterocycles. The van der Waals surface area contributed by atoms with Crippen LogP contribution in [0.1, 0.15) is 29.8 Å². The summed E-state index contributed by atoms with van der Waals surface area (Å²) in [7, 11) is 0. The number of nitriles is 1. The molecule has 0 radical (unpaired) electrons. The van der Waals surface area contributed by atoms with Crippen LogP contribution in [0.15, 0.2) is 24.3 Å². The summed E-state index contributed by atoms with van der Waals surface area (Å²) in [6.07, 6.45) is 6.16. The highest BCUT2D eigenvalue weighted by molar-refractivity contribution is 8.08. The predicted octanol–water partition coefficient (Wildman–Crippen LogP) is 2.53. The Labute approximate surface area is 122 Å². The molecule has 104 valence electrons. The van der Waals surface area contributed by atoms with E-state index >= 15 is 0 Å². The van der Waals surface area contributed by atoms with Crippen molar-refractivity contribution in [2.45, 2.75) is 25.7 Å². The van der Waals surface area contributed by atoms with Gasteiger partial charge in [0.05, 0.1) is 10.6 Å². The summed E-state index contributed by atoms with van der Waals surface area (Å²) in [6, 6.07) is 3.96. The topological polar surface area (TPSA) is 82.7 Å². The number of H-pyrrole nitrogens is 1. The average molecular weight is 287 g/mol. The monoisotopic (exact) mass is 287 g/mol. The van der Waals surface area contributed by atoms with E-state index in [1.165, 1.54) is 35.9 Å². The van der Waals surface area contributed by atoms with Crippen molar-refractivity contribution in [1.29, 1.82) is 5.26 Å². The third kappa shape index (κ3) is 2.97. The molecule has 0 fully saturated rings. The number of hydrogen-bond donors (Lipinski definition) is 2. The number of nitrogens with one attached hydrogen (secondary N) is 1. The number of thioether (sulfide) groups is 1. The second kappa shape index (κ2) is 6.49. The Bertz CT molecular complexity index is 584. The molecular weight excluding hydrogens is 270 g/mol. The van der Waals surface area contributed by atoms with Crippen molar-refractivity contribution in [2.24, 2.45) is 5.73 Å². The number of rotatable bonds is 5. The molecule has 0 aromatic carbocycles. The maximum Gasteiger partial charge on any atom is 0.260 e. The van der Waals surface area contributed by atoms with Gasteiger partial charge in [-0.25, -0.2) is 0 Å². The fourth-order valence-electron chi connectivity index (χ4n) is 2.37. The number of carbonyl (C=O) groups is 1. The molecule has 3 N–H and O–H groups in total. The first-order chi connectivity index (χ1) is 9.67. The quantitative estimate of drug-likeness (QED) is 0.496. The Balaban J connectivity index is 2.46. The van der Waals surface area contributed by atoms with Crippen molar-refractivity contribution in [3.63, 3.8) is 0 Å². The summed E-state index contributed by atoms with van der Waals surface area (Å²) in [5, 5.41) is 9.17. The van der Waals surface area contributed by atoms with E-state index in [4.69, 9.17) is 11.0 Å². The van der Waals surface area contributed by atoms with Crippen LogP contribution in [-0.4, -0.2) is 16.6 Å². The van der Waals surface area contributed by atoms with Crippen LogP contribution in [-0.2, 0) is 17.6 Å². The third-order valence-electron chi connectivity index (χ3n) is 3.29. The van der Waals surface area contributed by atoms with Gasteiger partial charge >= 0.3 is 0 Å². The Morgan fingerprint density at radius 1 is 1.55 bits per heavy atom. The SMILES string of the molecule is C=CCSC(=C(C#N)C(N)=O)c1cc2c([nH]1)CCCC2. The first-order valence-electron chi connectivity index (χ1n) is 6.56. The van der Waals surface area contributed by atoms with Crippen LogP contribution < -0.4 is 5.73 Å². The van der Waals surface area contributed by atoms with Crippen LogP contribution in [0.5, 0.6) is 0 Å². The van der Waals surface area contributed by atoms with Crippen molar-refractivity contribution in [1.82, 2.24) is 4.98 Å². The average Bonchev–Trinajstić information content (AvgIpc) is 2.86. The fourth-order valence-corrected chi connectivity index (χ4v) is 3.21. The van der Waals surface area contributed by atoms with Gasteiger partial charge in [-0.1, -0.05) is 6.08 Å². The van der Waals surface area contributed by atoms with E-state index in [-0.39, 0.29) is 5.57 Å². The lowest BCUT2D eigenvalue weighted by molar-refractivity contribution is -0.114. The third-order valence-corrected chi connectivity index (χ3v) is 4.41. The lowest BCUT2D eigenvalue weighted by Crippen LogP contribution is -2.14. The molecule has 0 unspecified atom stereocenters. The zero-order chi connectivity index (χ0) is 14.5. The van der Waals surface area contributed by atoms with Crippen molar-refractivity contribution >= 4 is 22.6 Å². The highest BCUT2D eigenvalue weighted by atomic mass is 32.2. The molecule has 20 heavy (non-hydrogen) atoms. The van der Waals surface area contributed by atoms with E-state index < -0.39 is 5.91 Å². The minimum absolute atomic E-state index is 0.00967. The number of nitrogens with two attached hydrogens (primary N) is 1. The molecule has 5 heteroatoms. The number of primary amides is 1. The van der Waals surface area contributed by atoms with Gasteiger partial charge < -0.3 is 10.7 Å². The van der Waals surface area contributed by atoms with E-state index in [1.807, 2.05) is 12.1 Å². The zero-order valence-corrected chi connectivity index (χ0v) is 12.1. The Hall–Kier alpha value is -1.93. The van der Waals surface area contributed by atoms with Gasteiger partial charge in [0, 0.05) is 11.4 Å². The molecule has 4 nitrogen and oxygen atoms in total. The van der Waals surface area contributed by atoms with Gasteiger partial charge in [-0.05, 0) is 37.3 Å².